The first-order valence-corrected chi connectivity index (χ1v) is 5.41. The summed E-state index contributed by atoms with van der Waals surface area (Å²) < 4.78 is 0. The summed E-state index contributed by atoms with van der Waals surface area (Å²) in [6.07, 6.45) is 1.22. The van der Waals surface area contributed by atoms with Gasteiger partial charge in [-0.2, -0.15) is 0 Å². The Hall–Kier alpha value is -1.52. The van der Waals surface area contributed by atoms with Crippen molar-refractivity contribution < 1.29 is 9.90 Å². The largest absolute Gasteiger partial charge is 0.481 e. The van der Waals surface area contributed by atoms with E-state index < -0.39 is 5.97 Å². The van der Waals surface area contributed by atoms with Gasteiger partial charge in [-0.05, 0) is 29.8 Å². The molecule has 0 spiro atoms. The van der Waals surface area contributed by atoms with Crippen LogP contribution < -0.4 is 0 Å². The Morgan fingerprint density at radius 1 is 1.73 bits per heavy atom. The Morgan fingerprint density at radius 2 is 2.53 bits per heavy atom. The molecule has 0 aliphatic heterocycles. The van der Waals surface area contributed by atoms with Gasteiger partial charge < -0.3 is 5.11 Å². The van der Waals surface area contributed by atoms with Crippen LogP contribution in [0, 0.1) is 0 Å². The summed E-state index contributed by atoms with van der Waals surface area (Å²) in [7, 11) is 0. The number of carbonyl (C=O) groups is 1. The van der Waals surface area contributed by atoms with Crippen molar-refractivity contribution in [3.05, 3.63) is 32.8 Å². The maximum atomic E-state index is 10.3. The van der Waals surface area contributed by atoms with Crippen LogP contribution in [0.3, 0.4) is 0 Å². The minimum Gasteiger partial charge on any atom is -0.481 e. The lowest BCUT2D eigenvalue weighted by Crippen LogP contribution is -1.97. The van der Waals surface area contributed by atoms with E-state index in [9.17, 15) is 4.79 Å². The Kier molecular flexibility index (Phi) is 4.66. The molecule has 1 unspecified atom stereocenters. The number of rotatable bonds is 6. The topological polar surface area (TPSA) is 86.1 Å². The van der Waals surface area contributed by atoms with Crippen LogP contribution in [0.4, 0.5) is 0 Å². The van der Waals surface area contributed by atoms with E-state index in [2.05, 4.69) is 10.0 Å². The Bertz CT molecular complexity index is 357. The average Bonchev–Trinajstić information content (AvgIpc) is 2.68. The van der Waals surface area contributed by atoms with Crippen LogP contribution in [-0.2, 0) is 4.79 Å². The maximum absolute atomic E-state index is 10.3. The average molecular weight is 225 g/mol. The number of thiophene rings is 1. The van der Waals surface area contributed by atoms with Gasteiger partial charge in [-0.15, -0.1) is 11.3 Å². The maximum Gasteiger partial charge on any atom is 0.303 e. The van der Waals surface area contributed by atoms with Crippen molar-refractivity contribution in [2.45, 2.75) is 25.3 Å². The summed E-state index contributed by atoms with van der Waals surface area (Å²) in [6, 6.07) is 3.55. The van der Waals surface area contributed by atoms with E-state index in [-0.39, 0.29) is 12.5 Å². The predicted octanol–water partition coefficient (Wildman–Crippen LogP) is 3.35. The van der Waals surface area contributed by atoms with Gasteiger partial charge in [0.05, 0.1) is 6.04 Å². The molecule has 6 heteroatoms. The number of nitrogens with zero attached hydrogens (tertiary/aromatic N) is 3. The van der Waals surface area contributed by atoms with E-state index in [1.165, 1.54) is 11.3 Å². The van der Waals surface area contributed by atoms with Crippen molar-refractivity contribution in [1.82, 2.24) is 0 Å². The van der Waals surface area contributed by atoms with Gasteiger partial charge in [-0.25, -0.2) is 0 Å². The molecular formula is C9H11N3O2S. The van der Waals surface area contributed by atoms with Crippen LogP contribution in [0.2, 0.25) is 0 Å². The molecule has 1 atom stereocenters. The van der Waals surface area contributed by atoms with E-state index in [1.54, 1.807) is 0 Å². The lowest BCUT2D eigenvalue weighted by Gasteiger charge is -2.06. The molecule has 1 aromatic rings. The van der Waals surface area contributed by atoms with E-state index in [4.69, 9.17) is 10.6 Å². The zero-order valence-corrected chi connectivity index (χ0v) is 8.85. The molecule has 1 aromatic heterocycles. The van der Waals surface area contributed by atoms with Crippen LogP contribution in [0.1, 0.15) is 30.2 Å². The molecule has 0 bridgehead atoms. The minimum absolute atomic E-state index is 0.114. The molecule has 1 rings (SSSR count). The Morgan fingerprint density at radius 3 is 3.07 bits per heavy atom. The van der Waals surface area contributed by atoms with Gasteiger partial charge in [0, 0.05) is 16.2 Å². The van der Waals surface area contributed by atoms with Gasteiger partial charge in [-0.1, -0.05) is 11.2 Å². The molecule has 0 aromatic carbocycles. The first-order chi connectivity index (χ1) is 7.24. The second kappa shape index (κ2) is 6.06. The van der Waals surface area contributed by atoms with Crippen LogP contribution in [0.15, 0.2) is 22.6 Å². The highest BCUT2D eigenvalue weighted by Gasteiger charge is 2.10. The Labute approximate surface area is 91.0 Å². The number of hydrogen-bond acceptors (Lipinski definition) is 3. The lowest BCUT2D eigenvalue weighted by atomic mass is 10.1. The van der Waals surface area contributed by atoms with Crippen LogP contribution in [0.25, 0.3) is 10.4 Å². The van der Waals surface area contributed by atoms with E-state index >= 15 is 0 Å². The third-order valence-corrected chi connectivity index (χ3v) is 2.90. The molecule has 0 saturated heterocycles. The number of azide groups is 1. The van der Waals surface area contributed by atoms with Crippen LogP contribution in [-0.4, -0.2) is 11.1 Å². The number of hydrogen-bond donors (Lipinski definition) is 1. The first-order valence-electron chi connectivity index (χ1n) is 4.53. The quantitative estimate of drug-likeness (QED) is 0.457. The first kappa shape index (κ1) is 11.6. The molecule has 0 aliphatic rings. The van der Waals surface area contributed by atoms with Crippen LogP contribution in [0.5, 0.6) is 0 Å². The SMILES string of the molecule is [N-]=[N+]=NC(CCCC(=O)O)c1cccs1. The molecule has 1 N–H and O–H groups in total. The second-order valence-electron chi connectivity index (χ2n) is 3.02. The molecule has 5 nitrogen and oxygen atoms in total. The fraction of sp³-hybridized carbons (Fsp3) is 0.444. The third-order valence-electron chi connectivity index (χ3n) is 1.93. The number of carboxylic acid groups (broad SMARTS) is 1. The van der Waals surface area contributed by atoms with Gasteiger partial charge in [0.15, 0.2) is 0 Å². The number of aliphatic carboxylic acids is 1. The zero-order valence-electron chi connectivity index (χ0n) is 8.04. The van der Waals surface area contributed by atoms with E-state index in [0.717, 1.165) is 4.88 Å². The Balaban J connectivity index is 2.52. The summed E-state index contributed by atoms with van der Waals surface area (Å²) in [5, 5.41) is 14.1. The van der Waals surface area contributed by atoms with Gasteiger partial charge in [0.2, 0.25) is 0 Å². The standard InChI is InChI=1S/C9H11N3O2S/c10-12-11-7(3-1-5-9(13)14)8-4-2-6-15-8/h2,4,6-7H,1,3,5H2,(H,13,14). The summed E-state index contributed by atoms with van der Waals surface area (Å²) >= 11 is 1.52. The van der Waals surface area contributed by atoms with Crippen molar-refractivity contribution in [2.24, 2.45) is 5.11 Å². The normalized spacial score (nSPS) is 11.7. The van der Waals surface area contributed by atoms with Gasteiger partial charge in [0.1, 0.15) is 0 Å². The van der Waals surface area contributed by atoms with E-state index in [1.807, 2.05) is 17.5 Å². The minimum atomic E-state index is -0.819. The van der Waals surface area contributed by atoms with Gasteiger partial charge in [-0.3, -0.25) is 4.79 Å². The molecule has 0 aliphatic carbocycles. The fourth-order valence-electron chi connectivity index (χ4n) is 1.25. The summed E-state index contributed by atoms with van der Waals surface area (Å²) in [6.45, 7) is 0. The van der Waals surface area contributed by atoms with Crippen molar-refractivity contribution in [1.29, 1.82) is 0 Å². The van der Waals surface area contributed by atoms with Crippen molar-refractivity contribution in [3.8, 4) is 0 Å². The zero-order chi connectivity index (χ0) is 11.1. The van der Waals surface area contributed by atoms with E-state index in [0.29, 0.717) is 12.8 Å². The fourth-order valence-corrected chi connectivity index (χ4v) is 2.04. The van der Waals surface area contributed by atoms with Crippen molar-refractivity contribution in [2.75, 3.05) is 0 Å². The molecule has 0 fully saturated rings. The van der Waals surface area contributed by atoms with Gasteiger partial charge >= 0.3 is 5.97 Å². The highest BCUT2D eigenvalue weighted by molar-refractivity contribution is 7.10. The summed E-state index contributed by atoms with van der Waals surface area (Å²) in [4.78, 5) is 14.1. The molecule has 80 valence electrons. The third kappa shape index (κ3) is 4.01. The van der Waals surface area contributed by atoms with Crippen LogP contribution >= 0.6 is 11.3 Å². The predicted molar refractivity (Wildman–Crippen MR) is 57.7 cm³/mol. The molecule has 15 heavy (non-hydrogen) atoms. The smallest absolute Gasteiger partial charge is 0.303 e. The highest BCUT2D eigenvalue weighted by atomic mass is 32.1. The lowest BCUT2D eigenvalue weighted by molar-refractivity contribution is -0.137. The van der Waals surface area contributed by atoms with Crippen molar-refractivity contribution >= 4 is 17.3 Å². The molecular weight excluding hydrogens is 214 g/mol. The molecule has 0 radical (unpaired) electrons. The number of carboxylic acids is 1. The summed E-state index contributed by atoms with van der Waals surface area (Å²) in [5.74, 6) is -0.819. The van der Waals surface area contributed by atoms with Gasteiger partial charge in [0.25, 0.3) is 0 Å². The molecule has 1 heterocycles. The second-order valence-corrected chi connectivity index (χ2v) is 4.00. The van der Waals surface area contributed by atoms with Crippen molar-refractivity contribution in [3.63, 3.8) is 0 Å². The molecule has 0 saturated carbocycles. The molecule has 0 amide bonds. The highest BCUT2D eigenvalue weighted by Crippen LogP contribution is 2.27. The monoisotopic (exact) mass is 225 g/mol. The summed E-state index contributed by atoms with van der Waals surface area (Å²) in [5.41, 5.74) is 8.39.